The minimum absolute atomic E-state index is 0.0244. The fraction of sp³-hybridized carbons (Fsp3) is 0.417. The first-order chi connectivity index (χ1) is 14.8. The van der Waals surface area contributed by atoms with E-state index in [2.05, 4.69) is 15.5 Å². The Morgan fingerprint density at radius 2 is 1.55 bits per heavy atom. The number of nitrogens with one attached hydrogen (secondary N) is 2. The van der Waals surface area contributed by atoms with Gasteiger partial charge in [0.1, 0.15) is 17.5 Å². The second-order valence-corrected chi connectivity index (χ2v) is 7.93. The van der Waals surface area contributed by atoms with E-state index in [0.717, 1.165) is 5.56 Å². The minimum atomic E-state index is -0.678. The molecule has 0 bridgehead atoms. The van der Waals surface area contributed by atoms with Gasteiger partial charge in [0.05, 0.1) is 20.3 Å². The first-order valence-electron chi connectivity index (χ1n) is 10.3. The summed E-state index contributed by atoms with van der Waals surface area (Å²) in [5.74, 6) is 0.337. The molecule has 0 fully saturated rings. The molecule has 0 saturated heterocycles. The molecule has 2 atom stereocenters. The molecule has 2 N–H and O–H groups in total. The van der Waals surface area contributed by atoms with Crippen LogP contribution < -0.4 is 20.1 Å². The third kappa shape index (κ3) is 6.72. The van der Waals surface area contributed by atoms with Gasteiger partial charge in [-0.05, 0) is 37.7 Å². The number of methoxy groups -OCH3 is 2. The zero-order valence-corrected chi connectivity index (χ0v) is 19.1. The van der Waals surface area contributed by atoms with Crippen molar-refractivity contribution in [3.05, 3.63) is 59.7 Å². The Morgan fingerprint density at radius 3 is 2.03 bits per heavy atom. The number of rotatable bonds is 10. The molecule has 0 spiro atoms. The number of carbonyl (C=O) groups excluding carboxylic acids is 2. The standard InChI is InChI=1S/C24H33N3O4/c1-16(2)22(26-23(28)18-12-19(30-5)14-20(13-18)31-6)24(29)25-15-21(27(3)4)17-10-8-7-9-11-17/h7-14,16,21-22H,15H2,1-6H3,(H,25,29)(H,26,28)/t21?,22-/m0/s1. The maximum Gasteiger partial charge on any atom is 0.252 e. The first-order valence-corrected chi connectivity index (χ1v) is 10.3. The third-order valence-electron chi connectivity index (χ3n) is 5.13. The van der Waals surface area contributed by atoms with Crippen molar-refractivity contribution in [3.8, 4) is 11.5 Å². The predicted molar refractivity (Wildman–Crippen MR) is 122 cm³/mol. The first kappa shape index (κ1) is 24.2. The number of amides is 2. The van der Waals surface area contributed by atoms with Crippen LogP contribution in [0.3, 0.4) is 0 Å². The van der Waals surface area contributed by atoms with E-state index in [1.165, 1.54) is 14.2 Å². The molecule has 0 radical (unpaired) electrons. The smallest absolute Gasteiger partial charge is 0.252 e. The van der Waals surface area contributed by atoms with Gasteiger partial charge in [0, 0.05) is 18.2 Å². The molecule has 2 rings (SSSR count). The Kier molecular flexibility index (Phi) is 8.88. The normalized spacial score (nSPS) is 12.9. The second kappa shape index (κ2) is 11.4. The van der Waals surface area contributed by atoms with Crippen molar-refractivity contribution in [2.24, 2.45) is 5.92 Å². The van der Waals surface area contributed by atoms with Gasteiger partial charge in [0.2, 0.25) is 5.91 Å². The van der Waals surface area contributed by atoms with Gasteiger partial charge in [0.15, 0.2) is 0 Å². The zero-order chi connectivity index (χ0) is 23.0. The minimum Gasteiger partial charge on any atom is -0.497 e. The largest absolute Gasteiger partial charge is 0.497 e. The lowest BCUT2D eigenvalue weighted by Gasteiger charge is -2.27. The summed E-state index contributed by atoms with van der Waals surface area (Å²) in [5.41, 5.74) is 1.48. The van der Waals surface area contributed by atoms with Gasteiger partial charge >= 0.3 is 0 Å². The number of likely N-dealkylation sites (N-methyl/N-ethyl adjacent to an activating group) is 1. The predicted octanol–water partition coefficient (Wildman–Crippen LogP) is 2.88. The van der Waals surface area contributed by atoms with E-state index in [-0.39, 0.29) is 23.8 Å². The summed E-state index contributed by atoms with van der Waals surface area (Å²) in [6.07, 6.45) is 0. The summed E-state index contributed by atoms with van der Waals surface area (Å²) in [4.78, 5) is 27.9. The fourth-order valence-electron chi connectivity index (χ4n) is 3.28. The number of nitrogens with zero attached hydrogens (tertiary/aromatic N) is 1. The van der Waals surface area contributed by atoms with Gasteiger partial charge in [-0.3, -0.25) is 9.59 Å². The van der Waals surface area contributed by atoms with Crippen LogP contribution in [0.4, 0.5) is 0 Å². The highest BCUT2D eigenvalue weighted by atomic mass is 16.5. The Hall–Kier alpha value is -3.06. The van der Waals surface area contributed by atoms with E-state index in [1.807, 2.05) is 58.3 Å². The average molecular weight is 428 g/mol. The van der Waals surface area contributed by atoms with Crippen LogP contribution in [0.25, 0.3) is 0 Å². The fourth-order valence-corrected chi connectivity index (χ4v) is 3.28. The molecule has 0 heterocycles. The lowest BCUT2D eigenvalue weighted by atomic mass is 10.0. The van der Waals surface area contributed by atoms with Crippen molar-refractivity contribution in [1.82, 2.24) is 15.5 Å². The highest BCUT2D eigenvalue weighted by Gasteiger charge is 2.26. The van der Waals surface area contributed by atoms with Gasteiger partial charge in [0.25, 0.3) is 5.91 Å². The Balaban J connectivity index is 2.11. The van der Waals surface area contributed by atoms with Crippen LogP contribution in [0.2, 0.25) is 0 Å². The lowest BCUT2D eigenvalue weighted by Crippen LogP contribution is -2.51. The van der Waals surface area contributed by atoms with Crippen molar-refractivity contribution >= 4 is 11.8 Å². The van der Waals surface area contributed by atoms with E-state index in [1.54, 1.807) is 18.2 Å². The van der Waals surface area contributed by atoms with Gasteiger partial charge in [-0.1, -0.05) is 44.2 Å². The third-order valence-corrected chi connectivity index (χ3v) is 5.13. The molecule has 0 aromatic heterocycles. The van der Waals surface area contributed by atoms with Crippen LogP contribution in [0, 0.1) is 5.92 Å². The molecule has 2 aromatic rings. The summed E-state index contributed by atoms with van der Waals surface area (Å²) in [7, 11) is 6.99. The van der Waals surface area contributed by atoms with Crippen molar-refractivity contribution in [3.63, 3.8) is 0 Å². The Morgan fingerprint density at radius 1 is 0.968 bits per heavy atom. The molecule has 2 amide bonds. The molecule has 7 heteroatoms. The highest BCUT2D eigenvalue weighted by molar-refractivity contribution is 5.98. The van der Waals surface area contributed by atoms with Crippen LogP contribution >= 0.6 is 0 Å². The molecule has 0 aliphatic rings. The van der Waals surface area contributed by atoms with Gasteiger partial charge in [-0.2, -0.15) is 0 Å². The number of hydrogen-bond donors (Lipinski definition) is 2. The molecular formula is C24H33N3O4. The quantitative estimate of drug-likeness (QED) is 0.610. The summed E-state index contributed by atoms with van der Waals surface area (Å²) < 4.78 is 10.5. The molecule has 7 nitrogen and oxygen atoms in total. The van der Waals surface area contributed by atoms with E-state index in [4.69, 9.17) is 9.47 Å². The van der Waals surface area contributed by atoms with E-state index < -0.39 is 6.04 Å². The maximum absolute atomic E-state index is 13.0. The molecule has 0 aliphatic carbocycles. The van der Waals surface area contributed by atoms with Crippen molar-refractivity contribution in [2.75, 3.05) is 34.9 Å². The van der Waals surface area contributed by atoms with E-state index in [0.29, 0.717) is 23.6 Å². The average Bonchev–Trinajstić information content (AvgIpc) is 2.77. The SMILES string of the molecule is COc1cc(OC)cc(C(=O)N[C@H](C(=O)NCC(c2ccccc2)N(C)C)C(C)C)c1. The Labute approximate surface area is 184 Å². The lowest BCUT2D eigenvalue weighted by molar-refractivity contribution is -0.124. The van der Waals surface area contributed by atoms with Gasteiger partial charge in [-0.25, -0.2) is 0 Å². The molecule has 168 valence electrons. The van der Waals surface area contributed by atoms with Crippen LogP contribution in [0.15, 0.2) is 48.5 Å². The van der Waals surface area contributed by atoms with Gasteiger partial charge < -0.3 is 25.0 Å². The number of hydrogen-bond acceptors (Lipinski definition) is 5. The van der Waals surface area contributed by atoms with Gasteiger partial charge in [-0.15, -0.1) is 0 Å². The van der Waals surface area contributed by atoms with Crippen molar-refractivity contribution in [1.29, 1.82) is 0 Å². The molecule has 2 aromatic carbocycles. The maximum atomic E-state index is 13.0. The summed E-state index contributed by atoms with van der Waals surface area (Å²) in [6.45, 7) is 4.23. The van der Waals surface area contributed by atoms with Crippen molar-refractivity contribution < 1.29 is 19.1 Å². The zero-order valence-electron chi connectivity index (χ0n) is 19.1. The van der Waals surface area contributed by atoms with Crippen LogP contribution in [0.1, 0.15) is 35.8 Å². The Bertz CT molecular complexity index is 846. The second-order valence-electron chi connectivity index (χ2n) is 7.93. The monoisotopic (exact) mass is 427 g/mol. The number of benzene rings is 2. The molecular weight excluding hydrogens is 394 g/mol. The van der Waals surface area contributed by atoms with Crippen LogP contribution in [-0.4, -0.2) is 57.6 Å². The molecule has 0 aliphatic heterocycles. The number of carbonyl (C=O) groups is 2. The summed E-state index contributed by atoms with van der Waals surface area (Å²) >= 11 is 0. The summed E-state index contributed by atoms with van der Waals surface area (Å²) in [5, 5.41) is 5.85. The molecule has 1 unspecified atom stereocenters. The van der Waals surface area contributed by atoms with E-state index >= 15 is 0 Å². The van der Waals surface area contributed by atoms with Crippen LogP contribution in [-0.2, 0) is 4.79 Å². The summed E-state index contributed by atoms with van der Waals surface area (Å²) in [6, 6.07) is 14.3. The molecule has 31 heavy (non-hydrogen) atoms. The van der Waals surface area contributed by atoms with E-state index in [9.17, 15) is 9.59 Å². The number of ether oxygens (including phenoxy) is 2. The van der Waals surface area contributed by atoms with Crippen molar-refractivity contribution in [2.45, 2.75) is 25.9 Å². The topological polar surface area (TPSA) is 79.9 Å². The van der Waals surface area contributed by atoms with Crippen LogP contribution in [0.5, 0.6) is 11.5 Å². The highest BCUT2D eigenvalue weighted by Crippen LogP contribution is 2.23. The molecule has 0 saturated carbocycles.